The molecule has 2 aliphatic heterocycles. The molecule has 2 fully saturated rings. The number of anilines is 1. The third-order valence-electron chi connectivity index (χ3n) is 3.57. The second-order valence-corrected chi connectivity index (χ2v) is 4.82. The average Bonchev–Trinajstić information content (AvgIpc) is 2.83. The lowest BCUT2D eigenvalue weighted by molar-refractivity contribution is 0.185. The number of rotatable bonds is 4. The van der Waals surface area contributed by atoms with Crippen molar-refractivity contribution in [2.24, 2.45) is 11.7 Å². The molecule has 4 N–H and O–H groups in total. The van der Waals surface area contributed by atoms with Crippen LogP contribution in [0.15, 0.2) is 12.3 Å². The molecule has 6 nitrogen and oxygen atoms in total. The van der Waals surface area contributed by atoms with Gasteiger partial charge in [-0.25, -0.2) is 4.68 Å². The Morgan fingerprint density at radius 3 is 3.06 bits per heavy atom. The fraction of sp³-hybridized carbons (Fsp3) is 0.727. The zero-order valence-corrected chi connectivity index (χ0v) is 9.80. The molecule has 2 atom stereocenters. The SMILES string of the molecule is NC1COCC1CNc1ccnn1C1CNC1. The summed E-state index contributed by atoms with van der Waals surface area (Å²) < 4.78 is 7.41. The Hall–Kier alpha value is -1.11. The van der Waals surface area contributed by atoms with E-state index in [9.17, 15) is 0 Å². The van der Waals surface area contributed by atoms with Crippen LogP contribution in [0.5, 0.6) is 0 Å². The van der Waals surface area contributed by atoms with E-state index in [1.165, 1.54) is 0 Å². The van der Waals surface area contributed by atoms with Crippen LogP contribution in [0.25, 0.3) is 0 Å². The summed E-state index contributed by atoms with van der Waals surface area (Å²) in [4.78, 5) is 0. The molecule has 2 unspecified atom stereocenters. The van der Waals surface area contributed by atoms with Gasteiger partial charge in [0.1, 0.15) is 5.82 Å². The highest BCUT2D eigenvalue weighted by atomic mass is 16.5. The maximum absolute atomic E-state index is 5.96. The lowest BCUT2D eigenvalue weighted by Gasteiger charge is -2.29. The topological polar surface area (TPSA) is 77.1 Å². The summed E-state index contributed by atoms with van der Waals surface area (Å²) in [7, 11) is 0. The van der Waals surface area contributed by atoms with Gasteiger partial charge >= 0.3 is 0 Å². The van der Waals surface area contributed by atoms with E-state index in [0.29, 0.717) is 18.6 Å². The molecule has 94 valence electrons. The standard InChI is InChI=1S/C11H19N5O/c12-10-7-17-6-8(10)3-14-11-1-2-15-16(11)9-4-13-5-9/h1-2,8-10,13-14H,3-7,12H2. The van der Waals surface area contributed by atoms with Crippen LogP contribution in [-0.4, -0.2) is 48.7 Å². The molecule has 17 heavy (non-hydrogen) atoms. The zero-order chi connectivity index (χ0) is 11.7. The van der Waals surface area contributed by atoms with Crippen molar-refractivity contribution < 1.29 is 4.74 Å². The van der Waals surface area contributed by atoms with Crippen molar-refractivity contribution >= 4 is 5.82 Å². The van der Waals surface area contributed by atoms with E-state index in [2.05, 4.69) is 20.4 Å². The maximum atomic E-state index is 5.96. The summed E-state index contributed by atoms with van der Waals surface area (Å²) in [5.41, 5.74) is 5.96. The first kappa shape index (κ1) is 11.0. The lowest BCUT2D eigenvalue weighted by Crippen LogP contribution is -2.44. The van der Waals surface area contributed by atoms with Gasteiger partial charge in [0.2, 0.25) is 0 Å². The second-order valence-electron chi connectivity index (χ2n) is 4.82. The molecule has 3 heterocycles. The summed E-state index contributed by atoms with van der Waals surface area (Å²) in [6, 6.07) is 2.66. The predicted molar refractivity (Wildman–Crippen MR) is 64.9 cm³/mol. The van der Waals surface area contributed by atoms with E-state index in [1.807, 2.05) is 12.3 Å². The van der Waals surface area contributed by atoms with Gasteiger partial charge in [0.05, 0.1) is 25.5 Å². The normalized spacial score (nSPS) is 29.2. The van der Waals surface area contributed by atoms with Crippen molar-refractivity contribution in [3.63, 3.8) is 0 Å². The van der Waals surface area contributed by atoms with Crippen LogP contribution >= 0.6 is 0 Å². The molecule has 1 aromatic heterocycles. The van der Waals surface area contributed by atoms with E-state index in [4.69, 9.17) is 10.5 Å². The van der Waals surface area contributed by atoms with Crippen molar-refractivity contribution in [2.75, 3.05) is 38.2 Å². The Kier molecular flexibility index (Phi) is 3.00. The molecule has 6 heteroatoms. The minimum Gasteiger partial charge on any atom is -0.379 e. The van der Waals surface area contributed by atoms with Gasteiger partial charge in [-0.3, -0.25) is 0 Å². The molecule has 1 aromatic rings. The van der Waals surface area contributed by atoms with Crippen molar-refractivity contribution in [3.8, 4) is 0 Å². The molecule has 0 amide bonds. The molecule has 0 radical (unpaired) electrons. The van der Waals surface area contributed by atoms with Gasteiger partial charge in [-0.1, -0.05) is 0 Å². The van der Waals surface area contributed by atoms with E-state index in [-0.39, 0.29) is 6.04 Å². The van der Waals surface area contributed by atoms with Crippen molar-refractivity contribution in [3.05, 3.63) is 12.3 Å². The Morgan fingerprint density at radius 2 is 2.41 bits per heavy atom. The Morgan fingerprint density at radius 1 is 1.53 bits per heavy atom. The highest BCUT2D eigenvalue weighted by Crippen LogP contribution is 2.19. The van der Waals surface area contributed by atoms with Gasteiger partial charge in [0.15, 0.2) is 0 Å². The fourth-order valence-corrected chi connectivity index (χ4v) is 2.25. The number of ether oxygens (including phenoxy) is 1. The van der Waals surface area contributed by atoms with Gasteiger partial charge < -0.3 is 21.1 Å². The predicted octanol–water partition coefficient (Wildman–Crippen LogP) is -0.587. The first-order chi connectivity index (χ1) is 8.34. The number of aromatic nitrogens is 2. The van der Waals surface area contributed by atoms with Gasteiger partial charge in [0.25, 0.3) is 0 Å². The van der Waals surface area contributed by atoms with Crippen molar-refractivity contribution in [2.45, 2.75) is 12.1 Å². The van der Waals surface area contributed by atoms with Gasteiger partial charge in [0, 0.05) is 37.7 Å². The molecule has 3 rings (SSSR count). The Balaban J connectivity index is 1.59. The highest BCUT2D eigenvalue weighted by Gasteiger charge is 2.26. The largest absolute Gasteiger partial charge is 0.379 e. The van der Waals surface area contributed by atoms with Crippen LogP contribution in [0, 0.1) is 5.92 Å². The third kappa shape index (κ3) is 2.15. The van der Waals surface area contributed by atoms with Crippen LogP contribution in [0.1, 0.15) is 6.04 Å². The number of nitrogens with one attached hydrogen (secondary N) is 2. The van der Waals surface area contributed by atoms with Crippen LogP contribution in [-0.2, 0) is 4.74 Å². The van der Waals surface area contributed by atoms with Crippen molar-refractivity contribution in [1.29, 1.82) is 0 Å². The van der Waals surface area contributed by atoms with E-state index in [0.717, 1.165) is 32.1 Å². The lowest BCUT2D eigenvalue weighted by atomic mass is 10.1. The average molecular weight is 237 g/mol. The monoisotopic (exact) mass is 237 g/mol. The second kappa shape index (κ2) is 4.64. The van der Waals surface area contributed by atoms with E-state index in [1.54, 1.807) is 0 Å². The highest BCUT2D eigenvalue weighted by molar-refractivity contribution is 5.35. The molecule has 2 saturated heterocycles. The van der Waals surface area contributed by atoms with Crippen LogP contribution in [0.2, 0.25) is 0 Å². The summed E-state index contributed by atoms with van der Waals surface area (Å²) in [6.45, 7) is 4.29. The minimum absolute atomic E-state index is 0.157. The number of hydrogen-bond donors (Lipinski definition) is 3. The first-order valence-electron chi connectivity index (χ1n) is 6.16. The van der Waals surface area contributed by atoms with Crippen LogP contribution < -0.4 is 16.4 Å². The molecule has 0 bridgehead atoms. The summed E-state index contributed by atoms with van der Waals surface area (Å²) in [5, 5.41) is 11.0. The summed E-state index contributed by atoms with van der Waals surface area (Å²) >= 11 is 0. The zero-order valence-electron chi connectivity index (χ0n) is 9.80. The molecule has 0 aromatic carbocycles. The molecule has 0 spiro atoms. The number of nitrogens with two attached hydrogens (primary N) is 1. The number of hydrogen-bond acceptors (Lipinski definition) is 5. The molecule has 0 aliphatic carbocycles. The fourth-order valence-electron chi connectivity index (χ4n) is 2.25. The molecular weight excluding hydrogens is 218 g/mol. The van der Waals surface area contributed by atoms with Crippen LogP contribution in [0.3, 0.4) is 0 Å². The van der Waals surface area contributed by atoms with Crippen LogP contribution in [0.4, 0.5) is 5.82 Å². The third-order valence-corrected chi connectivity index (χ3v) is 3.57. The first-order valence-corrected chi connectivity index (χ1v) is 6.16. The summed E-state index contributed by atoms with van der Waals surface area (Å²) in [5.74, 6) is 1.48. The van der Waals surface area contributed by atoms with Gasteiger partial charge in [-0.2, -0.15) is 5.10 Å². The van der Waals surface area contributed by atoms with Crippen molar-refractivity contribution in [1.82, 2.24) is 15.1 Å². The molecular formula is C11H19N5O. The molecule has 0 saturated carbocycles. The quantitative estimate of drug-likeness (QED) is 0.652. The van der Waals surface area contributed by atoms with E-state index >= 15 is 0 Å². The van der Waals surface area contributed by atoms with Gasteiger partial charge in [-0.15, -0.1) is 0 Å². The minimum atomic E-state index is 0.157. The van der Waals surface area contributed by atoms with E-state index < -0.39 is 0 Å². The summed E-state index contributed by atoms with van der Waals surface area (Å²) in [6.07, 6.45) is 1.84. The Bertz CT molecular complexity index is 376. The Labute approximate surface area is 100 Å². The number of nitrogens with zero attached hydrogens (tertiary/aromatic N) is 2. The molecule has 2 aliphatic rings. The van der Waals surface area contributed by atoms with Gasteiger partial charge in [-0.05, 0) is 0 Å². The smallest absolute Gasteiger partial charge is 0.124 e. The maximum Gasteiger partial charge on any atom is 0.124 e.